The molecule has 2 N–H and O–H groups in total. The largest absolute Gasteiger partial charge is 0.384 e. The third-order valence-corrected chi connectivity index (χ3v) is 4.07. The maximum atomic E-state index is 5.67. The van der Waals surface area contributed by atoms with Gasteiger partial charge in [0.25, 0.3) is 0 Å². The van der Waals surface area contributed by atoms with Crippen molar-refractivity contribution in [1.82, 2.24) is 0 Å². The van der Waals surface area contributed by atoms with E-state index in [9.17, 15) is 0 Å². The average molecular weight is 377 g/mol. The Balaban J connectivity index is 0.00000324. The zero-order valence-corrected chi connectivity index (χ0v) is 15.4. The van der Waals surface area contributed by atoms with Crippen molar-refractivity contribution < 1.29 is 21.1 Å². The maximum absolute atomic E-state index is 5.67. The summed E-state index contributed by atoms with van der Waals surface area (Å²) in [4.78, 5) is 1.25. The number of hydrogen-bond donors (Lipinski definition) is 1. The maximum Gasteiger partial charge on any atom is 0.136 e. The van der Waals surface area contributed by atoms with Crippen LogP contribution in [0.25, 0.3) is 0 Å². The first-order valence-corrected chi connectivity index (χ1v) is 7.99. The molecule has 0 bridgehead atoms. The minimum atomic E-state index is 0. The average Bonchev–Trinajstić information content (AvgIpc) is 2.34. The monoisotopic (exact) mass is 379 g/mol. The van der Waals surface area contributed by atoms with Crippen molar-refractivity contribution in [2.75, 3.05) is 0 Å². The Bertz CT molecular complexity index is 394. The van der Waals surface area contributed by atoms with Crippen molar-refractivity contribution >= 4 is 28.3 Å². The number of nitrogens with two attached hydrogens (primary N) is 1. The number of benzene rings is 1. The summed E-state index contributed by atoms with van der Waals surface area (Å²) in [6.45, 7) is 4.47. The van der Waals surface area contributed by atoms with E-state index in [-0.39, 0.29) is 21.1 Å². The SMILES string of the molecule is CCCCc1cccc(SC(N)=S)c1CCCC.[Mo]. The van der Waals surface area contributed by atoms with Crippen LogP contribution in [0.5, 0.6) is 0 Å². The minimum absolute atomic E-state index is 0. The molecule has 0 fully saturated rings. The molecule has 1 aromatic carbocycles. The quantitative estimate of drug-likeness (QED) is 0.424. The number of rotatable bonds is 7. The first-order valence-electron chi connectivity index (χ1n) is 6.77. The van der Waals surface area contributed by atoms with Gasteiger partial charge in [0.15, 0.2) is 0 Å². The van der Waals surface area contributed by atoms with Crippen LogP contribution in [0.2, 0.25) is 0 Å². The molecule has 0 radical (unpaired) electrons. The Morgan fingerprint density at radius 3 is 2.37 bits per heavy atom. The van der Waals surface area contributed by atoms with Crippen LogP contribution in [0.4, 0.5) is 0 Å². The Morgan fingerprint density at radius 2 is 1.79 bits per heavy atom. The summed E-state index contributed by atoms with van der Waals surface area (Å²) >= 11 is 6.55. The first-order chi connectivity index (χ1) is 8.69. The van der Waals surface area contributed by atoms with Crippen molar-refractivity contribution in [1.29, 1.82) is 0 Å². The molecule has 0 unspecified atom stereocenters. The van der Waals surface area contributed by atoms with Gasteiger partial charge in [-0.05, 0) is 42.9 Å². The molecule has 0 aromatic heterocycles. The molecule has 0 aliphatic carbocycles. The predicted octanol–water partition coefficient (Wildman–Crippen LogP) is 4.71. The third-order valence-electron chi connectivity index (χ3n) is 3.02. The molecule has 0 spiro atoms. The van der Waals surface area contributed by atoms with Gasteiger partial charge < -0.3 is 5.73 Å². The standard InChI is InChI=1S/C15H23NS2.Mo/c1-3-5-8-12-9-7-11-14(18-15(16)17)13(12)10-6-4-2;/h7,9,11H,3-6,8,10H2,1-2H3,(H2,16,17);. The predicted molar refractivity (Wildman–Crippen MR) is 86.3 cm³/mol. The molecule has 106 valence electrons. The minimum Gasteiger partial charge on any atom is -0.384 e. The van der Waals surface area contributed by atoms with E-state index in [0.29, 0.717) is 4.32 Å². The van der Waals surface area contributed by atoms with Crippen LogP contribution in [0.1, 0.15) is 50.7 Å². The molecule has 0 saturated heterocycles. The molecule has 0 heterocycles. The Hall–Kier alpha value is 0.148. The molecule has 0 atom stereocenters. The van der Waals surface area contributed by atoms with Crippen molar-refractivity contribution in [3.8, 4) is 0 Å². The number of hydrogen-bond acceptors (Lipinski definition) is 2. The number of unbranched alkanes of at least 4 members (excludes halogenated alkanes) is 2. The summed E-state index contributed by atoms with van der Waals surface area (Å²) in [5, 5.41) is 0. The van der Waals surface area contributed by atoms with E-state index in [2.05, 4.69) is 32.0 Å². The summed E-state index contributed by atoms with van der Waals surface area (Å²) in [5.74, 6) is 0. The normalized spacial score (nSPS) is 10.0. The zero-order valence-electron chi connectivity index (χ0n) is 11.8. The van der Waals surface area contributed by atoms with E-state index < -0.39 is 0 Å². The van der Waals surface area contributed by atoms with Gasteiger partial charge in [-0.1, -0.05) is 62.8 Å². The first kappa shape index (κ1) is 19.1. The third kappa shape index (κ3) is 6.92. The fraction of sp³-hybridized carbons (Fsp3) is 0.533. The summed E-state index contributed by atoms with van der Waals surface area (Å²) in [7, 11) is 0. The molecule has 1 nitrogen and oxygen atoms in total. The molecule has 0 amide bonds. The van der Waals surface area contributed by atoms with Gasteiger partial charge in [0.05, 0.1) is 0 Å². The van der Waals surface area contributed by atoms with Gasteiger partial charge in [-0.3, -0.25) is 0 Å². The van der Waals surface area contributed by atoms with Crippen LogP contribution in [0, 0.1) is 0 Å². The fourth-order valence-electron chi connectivity index (χ4n) is 2.05. The Labute approximate surface area is 141 Å². The molecular weight excluding hydrogens is 354 g/mol. The van der Waals surface area contributed by atoms with Crippen LogP contribution in [-0.4, -0.2) is 4.32 Å². The van der Waals surface area contributed by atoms with Crippen molar-refractivity contribution in [3.05, 3.63) is 29.3 Å². The van der Waals surface area contributed by atoms with Crippen molar-refractivity contribution in [2.24, 2.45) is 5.73 Å². The van der Waals surface area contributed by atoms with E-state index in [1.165, 1.54) is 59.9 Å². The van der Waals surface area contributed by atoms with Crippen molar-refractivity contribution in [2.45, 2.75) is 57.3 Å². The van der Waals surface area contributed by atoms with E-state index in [1.807, 2.05) is 0 Å². The van der Waals surface area contributed by atoms with Gasteiger partial charge in [-0.15, -0.1) is 0 Å². The second-order valence-corrected chi connectivity index (χ2v) is 6.30. The van der Waals surface area contributed by atoms with Crippen LogP contribution < -0.4 is 5.73 Å². The second-order valence-electron chi connectivity index (χ2n) is 4.52. The van der Waals surface area contributed by atoms with Gasteiger partial charge >= 0.3 is 0 Å². The van der Waals surface area contributed by atoms with Gasteiger partial charge in [0.2, 0.25) is 0 Å². The molecule has 1 rings (SSSR count). The summed E-state index contributed by atoms with van der Waals surface area (Å²) in [6.07, 6.45) is 7.25. The molecule has 0 aliphatic heterocycles. The van der Waals surface area contributed by atoms with E-state index in [1.54, 1.807) is 0 Å². The van der Waals surface area contributed by atoms with E-state index in [4.69, 9.17) is 18.0 Å². The molecule has 1 aromatic rings. The molecular formula is C15H23MoNS2. The Morgan fingerprint density at radius 1 is 1.16 bits per heavy atom. The smallest absolute Gasteiger partial charge is 0.136 e. The van der Waals surface area contributed by atoms with Crippen molar-refractivity contribution in [3.63, 3.8) is 0 Å². The van der Waals surface area contributed by atoms with Crippen LogP contribution in [0.15, 0.2) is 23.1 Å². The summed E-state index contributed by atoms with van der Waals surface area (Å²) in [6, 6.07) is 6.52. The molecule has 4 heteroatoms. The second kappa shape index (κ2) is 10.9. The molecule has 0 saturated carbocycles. The van der Waals surface area contributed by atoms with Gasteiger partial charge in [-0.25, -0.2) is 0 Å². The van der Waals surface area contributed by atoms with Gasteiger partial charge in [0, 0.05) is 26.0 Å². The van der Waals surface area contributed by atoms with E-state index >= 15 is 0 Å². The molecule has 0 aliphatic rings. The topological polar surface area (TPSA) is 26.0 Å². The zero-order chi connectivity index (χ0) is 13.4. The molecule has 19 heavy (non-hydrogen) atoms. The van der Waals surface area contributed by atoms with Gasteiger partial charge in [0.1, 0.15) is 4.32 Å². The van der Waals surface area contributed by atoms with Crippen LogP contribution in [-0.2, 0) is 33.9 Å². The number of thioether (sulfide) groups is 1. The Kier molecular flexibility index (Phi) is 11.0. The van der Waals surface area contributed by atoms with Crippen LogP contribution >= 0.6 is 24.0 Å². The van der Waals surface area contributed by atoms with E-state index in [0.717, 1.165) is 6.42 Å². The number of aryl methyl sites for hydroxylation is 1. The fourth-order valence-corrected chi connectivity index (χ4v) is 3.04. The van der Waals surface area contributed by atoms with Gasteiger partial charge in [-0.2, -0.15) is 0 Å². The van der Waals surface area contributed by atoms with Crippen LogP contribution in [0.3, 0.4) is 0 Å². The summed E-state index contributed by atoms with van der Waals surface area (Å²) in [5.41, 5.74) is 8.61. The number of thiocarbonyl (C=S) groups is 1. The summed E-state index contributed by atoms with van der Waals surface area (Å²) < 4.78 is 0.514.